The van der Waals surface area contributed by atoms with Crippen molar-refractivity contribution in [3.05, 3.63) is 46.9 Å². The number of pyridine rings is 1. The zero-order valence-electron chi connectivity index (χ0n) is 14.4. The number of rotatable bonds is 4. The van der Waals surface area contributed by atoms with E-state index in [0.29, 0.717) is 0 Å². The van der Waals surface area contributed by atoms with Gasteiger partial charge < -0.3 is 21.0 Å². The van der Waals surface area contributed by atoms with Gasteiger partial charge >= 0.3 is 11.6 Å². The first-order valence-electron chi connectivity index (χ1n) is 7.88. The van der Waals surface area contributed by atoms with Crippen molar-refractivity contribution in [1.29, 1.82) is 0 Å². The van der Waals surface area contributed by atoms with Gasteiger partial charge in [-0.1, -0.05) is 0 Å². The molecule has 0 unspecified atom stereocenters. The highest BCUT2D eigenvalue weighted by Gasteiger charge is 2.27. The first-order valence-corrected chi connectivity index (χ1v) is 7.88. The normalized spacial score (nSPS) is 10.8. The lowest BCUT2D eigenvalue weighted by Gasteiger charge is -2.11. The number of hydrogen-bond donors (Lipinski definition) is 2. The van der Waals surface area contributed by atoms with Gasteiger partial charge in [-0.25, -0.2) is 13.8 Å². The number of carbonyl (C=O) groups excluding carboxylic acids is 1. The number of carbonyl (C=O) groups is 1. The Balaban J connectivity index is 2.30. The summed E-state index contributed by atoms with van der Waals surface area (Å²) in [4.78, 5) is 15.9. The highest BCUT2D eigenvalue weighted by Crippen LogP contribution is 2.33. The lowest BCUT2D eigenvalue weighted by molar-refractivity contribution is -0.667. The van der Waals surface area contributed by atoms with Crippen molar-refractivity contribution >= 4 is 22.5 Å². The van der Waals surface area contributed by atoms with Crippen molar-refractivity contribution in [2.24, 2.45) is 0 Å². The molecule has 0 bridgehead atoms. The van der Waals surface area contributed by atoms with Crippen LogP contribution < -0.4 is 20.6 Å². The summed E-state index contributed by atoms with van der Waals surface area (Å²) in [5, 5.41) is 18.6. The molecule has 27 heavy (non-hydrogen) atoms. The van der Waals surface area contributed by atoms with E-state index in [2.05, 4.69) is 15.4 Å². The molecule has 2 heterocycles. The third-order valence-corrected chi connectivity index (χ3v) is 3.90. The van der Waals surface area contributed by atoms with Crippen LogP contribution in [0.3, 0.4) is 0 Å². The summed E-state index contributed by atoms with van der Waals surface area (Å²) >= 11 is 0. The molecule has 8 nitrogen and oxygen atoms in total. The van der Waals surface area contributed by atoms with Gasteiger partial charge in [0.05, 0.1) is 12.7 Å². The van der Waals surface area contributed by atoms with Gasteiger partial charge in [0.2, 0.25) is 5.88 Å². The van der Waals surface area contributed by atoms with Gasteiger partial charge in [-0.05, 0) is 30.0 Å². The van der Waals surface area contributed by atoms with E-state index in [1.807, 2.05) is 0 Å². The van der Waals surface area contributed by atoms with E-state index in [0.717, 1.165) is 12.1 Å². The maximum Gasteiger partial charge on any atom is 0.332 e. The molecule has 0 atom stereocenters. The number of nitrogen functional groups attached to an aromatic ring is 1. The maximum atomic E-state index is 14.5. The van der Waals surface area contributed by atoms with Gasteiger partial charge in [0.1, 0.15) is 11.5 Å². The van der Waals surface area contributed by atoms with E-state index < -0.39 is 23.2 Å². The maximum absolute atomic E-state index is 14.5. The third kappa shape index (κ3) is 3.05. The first kappa shape index (κ1) is 18.2. The topological polar surface area (TPSA) is 117 Å². The summed E-state index contributed by atoms with van der Waals surface area (Å²) in [6.45, 7) is 1.96. The zero-order chi connectivity index (χ0) is 19.7. The van der Waals surface area contributed by atoms with Crippen LogP contribution in [0, 0.1) is 16.8 Å². The molecule has 0 aliphatic rings. The van der Waals surface area contributed by atoms with Crippen LogP contribution in [0.5, 0.6) is 5.88 Å². The molecule has 0 saturated carbocycles. The predicted octanol–water partition coefficient (Wildman–Crippen LogP) is 1.55. The number of nitrogens with one attached hydrogen (secondary N) is 1. The van der Waals surface area contributed by atoms with Crippen LogP contribution in [-0.2, 0) is 0 Å². The molecule has 3 N–H and O–H groups in total. The first-order chi connectivity index (χ1) is 12.9. The van der Waals surface area contributed by atoms with Crippen LogP contribution in [0.25, 0.3) is 22.0 Å². The SMILES string of the molecule is CCNC(=O)c1c(N)c2ccc(F)c(-c3cnc(OC)c(F)c3)c2n[n+]1[O-]. The van der Waals surface area contributed by atoms with E-state index in [-0.39, 0.29) is 45.0 Å². The number of amides is 1. The molecule has 0 spiro atoms. The van der Waals surface area contributed by atoms with Crippen LogP contribution in [-0.4, -0.2) is 29.6 Å². The van der Waals surface area contributed by atoms with Gasteiger partial charge in [0, 0.05) is 28.8 Å². The number of nitrogens with two attached hydrogens (primary N) is 1. The predicted molar refractivity (Wildman–Crippen MR) is 92.8 cm³/mol. The lowest BCUT2D eigenvalue weighted by atomic mass is 10.0. The molecule has 0 aliphatic heterocycles. The molecule has 10 heteroatoms. The highest BCUT2D eigenvalue weighted by atomic mass is 19.1. The molecular weight excluding hydrogens is 360 g/mol. The largest absolute Gasteiger partial charge is 0.594 e. The number of aromatic nitrogens is 3. The Morgan fingerprint density at radius 1 is 1.37 bits per heavy atom. The van der Waals surface area contributed by atoms with Crippen molar-refractivity contribution in [3.63, 3.8) is 0 Å². The van der Waals surface area contributed by atoms with E-state index in [9.17, 15) is 18.8 Å². The molecule has 2 aromatic heterocycles. The number of halogens is 2. The lowest BCUT2D eigenvalue weighted by Crippen LogP contribution is -2.43. The average Bonchev–Trinajstić information content (AvgIpc) is 2.61. The summed E-state index contributed by atoms with van der Waals surface area (Å²) in [5.74, 6) is -2.54. The number of fused-ring (bicyclic) bond motifs is 1. The van der Waals surface area contributed by atoms with Crippen LogP contribution in [0.4, 0.5) is 14.5 Å². The van der Waals surface area contributed by atoms with Crippen LogP contribution >= 0.6 is 0 Å². The van der Waals surface area contributed by atoms with Gasteiger partial charge in [-0.2, -0.15) is 0 Å². The molecule has 1 amide bonds. The number of benzene rings is 1. The number of hydrogen-bond acceptors (Lipinski definition) is 6. The standard InChI is InChI=1S/C17H15F2N5O3/c1-3-21-16(25)15-13(20)9-4-5-10(18)12(14(9)23-24(15)26)8-6-11(19)17(27-2)22-7-8/h4-7H,3,20H2,1-2H3,(H,21,25). The van der Waals surface area contributed by atoms with Gasteiger partial charge in [0.15, 0.2) is 11.3 Å². The summed E-state index contributed by atoms with van der Waals surface area (Å²) in [6.07, 6.45) is 1.19. The fourth-order valence-electron chi connectivity index (χ4n) is 2.70. The molecule has 0 saturated heterocycles. The highest BCUT2D eigenvalue weighted by molar-refractivity contribution is 6.06. The molecule has 0 fully saturated rings. The Kier molecular flexibility index (Phi) is 4.72. The van der Waals surface area contributed by atoms with E-state index in [1.165, 1.54) is 19.4 Å². The van der Waals surface area contributed by atoms with Crippen molar-refractivity contribution < 1.29 is 23.2 Å². The Hall–Kier alpha value is -3.56. The number of ether oxygens (including phenoxy) is 1. The van der Waals surface area contributed by atoms with E-state index >= 15 is 0 Å². The average molecular weight is 375 g/mol. The van der Waals surface area contributed by atoms with Crippen molar-refractivity contribution in [1.82, 2.24) is 15.4 Å². The second-order valence-corrected chi connectivity index (χ2v) is 5.53. The van der Waals surface area contributed by atoms with Gasteiger partial charge in [-0.15, -0.1) is 0 Å². The third-order valence-electron chi connectivity index (χ3n) is 3.90. The number of nitrogens with zero attached hydrogens (tertiary/aromatic N) is 3. The van der Waals surface area contributed by atoms with Gasteiger partial charge in [-0.3, -0.25) is 4.79 Å². The number of anilines is 1. The van der Waals surface area contributed by atoms with Crippen molar-refractivity contribution in [2.45, 2.75) is 6.92 Å². The molecule has 3 aromatic rings. The van der Waals surface area contributed by atoms with Crippen LogP contribution in [0.1, 0.15) is 17.4 Å². The minimum absolute atomic E-state index is 0.0267. The fourth-order valence-corrected chi connectivity index (χ4v) is 2.70. The summed E-state index contributed by atoms with van der Waals surface area (Å²) in [7, 11) is 1.25. The second kappa shape index (κ2) is 6.98. The Labute approximate surface area is 152 Å². The molecule has 3 rings (SSSR count). The van der Waals surface area contributed by atoms with Crippen molar-refractivity contribution in [3.8, 4) is 17.0 Å². The Morgan fingerprint density at radius 3 is 2.74 bits per heavy atom. The summed E-state index contributed by atoms with van der Waals surface area (Å²) in [5.41, 5.74) is 5.15. The molecule has 140 valence electrons. The summed E-state index contributed by atoms with van der Waals surface area (Å²) < 4.78 is 33.3. The van der Waals surface area contributed by atoms with Crippen LogP contribution in [0.2, 0.25) is 0 Å². The van der Waals surface area contributed by atoms with Crippen LogP contribution in [0.15, 0.2) is 24.4 Å². The van der Waals surface area contributed by atoms with Gasteiger partial charge in [0.25, 0.3) is 0 Å². The van der Waals surface area contributed by atoms with E-state index in [4.69, 9.17) is 10.5 Å². The fraction of sp³-hybridized carbons (Fsp3) is 0.176. The minimum Gasteiger partial charge on any atom is -0.594 e. The minimum atomic E-state index is -0.812. The molecular formula is C17H15F2N5O3. The molecule has 0 radical (unpaired) electrons. The Morgan fingerprint density at radius 2 is 2.11 bits per heavy atom. The molecule has 0 aliphatic carbocycles. The second-order valence-electron chi connectivity index (χ2n) is 5.53. The monoisotopic (exact) mass is 375 g/mol. The van der Waals surface area contributed by atoms with E-state index in [1.54, 1.807) is 6.92 Å². The smallest absolute Gasteiger partial charge is 0.332 e. The van der Waals surface area contributed by atoms with Crippen molar-refractivity contribution in [2.75, 3.05) is 19.4 Å². The zero-order valence-corrected chi connectivity index (χ0v) is 14.4. The Bertz CT molecular complexity index is 1060. The quantitative estimate of drug-likeness (QED) is 0.528. The molecule has 1 aromatic carbocycles. The number of methoxy groups -OCH3 is 1. The summed E-state index contributed by atoms with van der Waals surface area (Å²) in [6, 6.07) is 3.40.